The van der Waals surface area contributed by atoms with Crippen LogP contribution in [0.15, 0.2) is 48.5 Å². The van der Waals surface area contributed by atoms with Gasteiger partial charge in [-0.2, -0.15) is 0 Å². The number of piperazine rings is 1. The molecule has 136 valence electrons. The Morgan fingerprint density at radius 1 is 1.00 bits per heavy atom. The Bertz CT molecular complexity index is 790. The molecule has 0 spiro atoms. The van der Waals surface area contributed by atoms with Crippen molar-refractivity contribution in [3.63, 3.8) is 0 Å². The van der Waals surface area contributed by atoms with E-state index in [1.165, 1.54) is 19.2 Å². The molecule has 7 heteroatoms. The number of hydrogen-bond acceptors (Lipinski definition) is 3. The number of anilines is 1. The SMILES string of the molecule is COc1ccc(NC(=O)N2CCN(C(=O)c3ccccc3)CC2)cc1F. The first-order valence-corrected chi connectivity index (χ1v) is 8.32. The number of halogens is 1. The molecule has 0 saturated carbocycles. The first-order valence-electron chi connectivity index (χ1n) is 8.32. The normalized spacial score (nSPS) is 14.1. The average molecular weight is 357 g/mol. The molecule has 1 aliphatic rings. The predicted molar refractivity (Wildman–Crippen MR) is 95.9 cm³/mol. The van der Waals surface area contributed by atoms with Crippen molar-refractivity contribution >= 4 is 17.6 Å². The van der Waals surface area contributed by atoms with E-state index in [-0.39, 0.29) is 17.7 Å². The van der Waals surface area contributed by atoms with Gasteiger partial charge in [0.2, 0.25) is 0 Å². The summed E-state index contributed by atoms with van der Waals surface area (Å²) in [6.07, 6.45) is 0. The highest BCUT2D eigenvalue weighted by Crippen LogP contribution is 2.21. The largest absolute Gasteiger partial charge is 0.494 e. The molecule has 0 radical (unpaired) electrons. The first-order chi connectivity index (χ1) is 12.6. The molecule has 0 bridgehead atoms. The molecule has 1 aliphatic heterocycles. The van der Waals surface area contributed by atoms with E-state index in [0.717, 1.165) is 0 Å². The van der Waals surface area contributed by atoms with Crippen molar-refractivity contribution in [3.05, 3.63) is 59.9 Å². The Kier molecular flexibility index (Phi) is 5.36. The fourth-order valence-corrected chi connectivity index (χ4v) is 2.82. The van der Waals surface area contributed by atoms with Gasteiger partial charge in [0.1, 0.15) is 0 Å². The standard InChI is InChI=1S/C19H20FN3O3/c1-26-17-8-7-15(13-16(17)20)21-19(25)23-11-9-22(10-12-23)18(24)14-5-3-2-4-6-14/h2-8,13H,9-12H2,1H3,(H,21,25). The van der Waals surface area contributed by atoms with Crippen LogP contribution >= 0.6 is 0 Å². The minimum atomic E-state index is -0.538. The molecule has 0 atom stereocenters. The van der Waals surface area contributed by atoms with Gasteiger partial charge in [0.25, 0.3) is 5.91 Å². The monoisotopic (exact) mass is 357 g/mol. The zero-order valence-electron chi connectivity index (χ0n) is 14.4. The zero-order valence-corrected chi connectivity index (χ0v) is 14.4. The lowest BCUT2D eigenvalue weighted by molar-refractivity contribution is 0.0671. The lowest BCUT2D eigenvalue weighted by Crippen LogP contribution is -2.51. The van der Waals surface area contributed by atoms with Crippen LogP contribution in [0.25, 0.3) is 0 Å². The van der Waals surface area contributed by atoms with Gasteiger partial charge in [0.05, 0.1) is 7.11 Å². The van der Waals surface area contributed by atoms with Gasteiger partial charge in [-0.05, 0) is 24.3 Å². The molecule has 0 unspecified atom stereocenters. The highest BCUT2D eigenvalue weighted by Gasteiger charge is 2.24. The molecule has 3 amide bonds. The van der Waals surface area contributed by atoms with Crippen LogP contribution in [-0.4, -0.2) is 55.0 Å². The summed E-state index contributed by atoms with van der Waals surface area (Å²) in [4.78, 5) is 28.1. The number of urea groups is 1. The molecular formula is C19H20FN3O3. The van der Waals surface area contributed by atoms with Crippen molar-refractivity contribution in [3.8, 4) is 5.75 Å². The minimum absolute atomic E-state index is 0.0390. The number of rotatable bonds is 3. The zero-order chi connectivity index (χ0) is 18.5. The van der Waals surface area contributed by atoms with Gasteiger partial charge in [-0.3, -0.25) is 4.79 Å². The van der Waals surface area contributed by atoms with Crippen LogP contribution in [0.4, 0.5) is 14.9 Å². The summed E-state index contributed by atoms with van der Waals surface area (Å²) in [5.74, 6) is -0.456. The van der Waals surface area contributed by atoms with Crippen molar-refractivity contribution in [2.75, 3.05) is 38.6 Å². The van der Waals surface area contributed by atoms with Crippen molar-refractivity contribution in [1.82, 2.24) is 9.80 Å². The van der Waals surface area contributed by atoms with Crippen molar-refractivity contribution in [2.24, 2.45) is 0 Å². The van der Waals surface area contributed by atoms with E-state index in [0.29, 0.717) is 37.4 Å². The molecule has 3 rings (SSSR count). The van der Waals surface area contributed by atoms with Crippen LogP contribution in [0.1, 0.15) is 10.4 Å². The molecule has 1 N–H and O–H groups in total. The molecule has 1 fully saturated rings. The van der Waals surface area contributed by atoms with Crippen LogP contribution in [0.5, 0.6) is 5.75 Å². The van der Waals surface area contributed by atoms with Crippen LogP contribution < -0.4 is 10.1 Å². The number of amides is 3. The summed E-state index contributed by atoms with van der Waals surface area (Å²) in [6.45, 7) is 1.75. The molecule has 2 aromatic carbocycles. The van der Waals surface area contributed by atoms with Crippen molar-refractivity contribution in [1.29, 1.82) is 0 Å². The maximum Gasteiger partial charge on any atom is 0.321 e. The molecule has 1 saturated heterocycles. The number of carbonyl (C=O) groups excluding carboxylic acids is 2. The Morgan fingerprint density at radius 3 is 2.27 bits per heavy atom. The molecular weight excluding hydrogens is 337 g/mol. The summed E-state index contributed by atoms with van der Waals surface area (Å²) in [6, 6.07) is 13.0. The van der Waals surface area contributed by atoms with E-state index in [1.54, 1.807) is 28.0 Å². The quantitative estimate of drug-likeness (QED) is 0.919. The maximum absolute atomic E-state index is 13.7. The summed E-state index contributed by atoms with van der Waals surface area (Å²) in [7, 11) is 1.38. The van der Waals surface area contributed by atoms with Gasteiger partial charge in [-0.1, -0.05) is 18.2 Å². The summed E-state index contributed by atoms with van der Waals surface area (Å²) in [5, 5.41) is 2.67. The van der Waals surface area contributed by atoms with Crippen molar-refractivity contribution in [2.45, 2.75) is 0 Å². The van der Waals surface area contributed by atoms with E-state index in [1.807, 2.05) is 18.2 Å². The predicted octanol–water partition coefficient (Wildman–Crippen LogP) is 2.82. The average Bonchev–Trinajstić information content (AvgIpc) is 2.68. The van der Waals surface area contributed by atoms with Crippen LogP contribution in [0, 0.1) is 5.82 Å². The lowest BCUT2D eigenvalue weighted by Gasteiger charge is -2.34. The lowest BCUT2D eigenvalue weighted by atomic mass is 10.2. The Morgan fingerprint density at radius 2 is 1.65 bits per heavy atom. The van der Waals surface area contributed by atoms with Gasteiger partial charge in [0.15, 0.2) is 11.6 Å². The molecule has 0 aromatic heterocycles. The second-order valence-electron chi connectivity index (χ2n) is 5.92. The highest BCUT2D eigenvalue weighted by molar-refractivity contribution is 5.94. The number of carbonyl (C=O) groups is 2. The molecule has 0 aliphatic carbocycles. The minimum Gasteiger partial charge on any atom is -0.494 e. The number of hydrogen-bond donors (Lipinski definition) is 1. The molecule has 26 heavy (non-hydrogen) atoms. The van der Waals surface area contributed by atoms with E-state index in [4.69, 9.17) is 4.74 Å². The number of nitrogens with one attached hydrogen (secondary N) is 1. The Labute approximate surface area is 151 Å². The third-order valence-corrected chi connectivity index (χ3v) is 4.28. The highest BCUT2D eigenvalue weighted by atomic mass is 19.1. The second-order valence-corrected chi connectivity index (χ2v) is 5.92. The number of ether oxygens (including phenoxy) is 1. The van der Waals surface area contributed by atoms with E-state index >= 15 is 0 Å². The van der Waals surface area contributed by atoms with Gasteiger partial charge in [-0.25, -0.2) is 9.18 Å². The van der Waals surface area contributed by atoms with E-state index < -0.39 is 5.82 Å². The molecule has 1 heterocycles. The van der Waals surface area contributed by atoms with E-state index in [9.17, 15) is 14.0 Å². The van der Waals surface area contributed by atoms with Gasteiger partial charge >= 0.3 is 6.03 Å². The Balaban J connectivity index is 1.55. The Hall–Kier alpha value is -3.09. The second kappa shape index (κ2) is 7.86. The first kappa shape index (κ1) is 17.7. The fourth-order valence-electron chi connectivity index (χ4n) is 2.82. The third kappa shape index (κ3) is 3.93. The maximum atomic E-state index is 13.7. The summed E-state index contributed by atoms with van der Waals surface area (Å²) in [5.41, 5.74) is 0.996. The van der Waals surface area contributed by atoms with Gasteiger partial charge < -0.3 is 19.9 Å². The van der Waals surface area contributed by atoms with Crippen LogP contribution in [-0.2, 0) is 0 Å². The van der Waals surface area contributed by atoms with Crippen LogP contribution in [0.3, 0.4) is 0 Å². The third-order valence-electron chi connectivity index (χ3n) is 4.28. The van der Waals surface area contributed by atoms with Gasteiger partial charge in [-0.15, -0.1) is 0 Å². The smallest absolute Gasteiger partial charge is 0.321 e. The number of nitrogens with zero attached hydrogens (tertiary/aromatic N) is 2. The van der Waals surface area contributed by atoms with Crippen molar-refractivity contribution < 1.29 is 18.7 Å². The molecule has 6 nitrogen and oxygen atoms in total. The number of methoxy groups -OCH3 is 1. The van der Waals surface area contributed by atoms with Gasteiger partial charge in [0, 0.05) is 43.5 Å². The van der Waals surface area contributed by atoms with Crippen LogP contribution in [0.2, 0.25) is 0 Å². The fraction of sp³-hybridized carbons (Fsp3) is 0.263. The number of benzene rings is 2. The summed E-state index contributed by atoms with van der Waals surface area (Å²) < 4.78 is 18.6. The molecule has 2 aromatic rings. The van der Waals surface area contributed by atoms with E-state index in [2.05, 4.69) is 5.32 Å². The topological polar surface area (TPSA) is 61.9 Å². The summed E-state index contributed by atoms with van der Waals surface area (Å²) >= 11 is 0.